The van der Waals surface area contributed by atoms with Gasteiger partial charge in [0.25, 0.3) is 0 Å². The highest BCUT2D eigenvalue weighted by Crippen LogP contribution is 2.45. The number of nitrogens with zero attached hydrogens (tertiary/aromatic N) is 1. The molecule has 0 radical (unpaired) electrons. The summed E-state index contributed by atoms with van der Waals surface area (Å²) in [6.45, 7) is 0. The molecular weight excluding hydrogens is 599 g/mol. The summed E-state index contributed by atoms with van der Waals surface area (Å²) in [5, 5.41) is 6.87. The molecule has 0 bridgehead atoms. The van der Waals surface area contributed by atoms with Gasteiger partial charge in [-0.3, -0.25) is 0 Å². The topological polar surface area (TPSA) is 29.5 Å². The van der Waals surface area contributed by atoms with E-state index in [9.17, 15) is 0 Å². The first-order valence-corrected chi connectivity index (χ1v) is 16.6. The Labute approximate surface area is 282 Å². The molecule has 8 aromatic carbocycles. The van der Waals surface area contributed by atoms with Gasteiger partial charge in [-0.1, -0.05) is 115 Å². The van der Waals surface area contributed by atoms with Crippen molar-refractivity contribution in [2.45, 2.75) is 0 Å². The molecule has 0 fully saturated rings. The Balaban J connectivity index is 1.24. The maximum absolute atomic E-state index is 6.43. The van der Waals surface area contributed by atoms with Gasteiger partial charge in [-0.15, -0.1) is 0 Å². The summed E-state index contributed by atoms with van der Waals surface area (Å²) >= 11 is 0. The second-order valence-electron chi connectivity index (χ2n) is 12.6. The lowest BCUT2D eigenvalue weighted by Crippen LogP contribution is -2.11. The highest BCUT2D eigenvalue weighted by atomic mass is 16.3. The van der Waals surface area contributed by atoms with E-state index in [0.29, 0.717) is 0 Å². The van der Waals surface area contributed by atoms with Gasteiger partial charge in [0.1, 0.15) is 22.3 Å². The van der Waals surface area contributed by atoms with Crippen molar-refractivity contribution in [1.82, 2.24) is 0 Å². The number of furan rings is 2. The molecular formula is C46H29NO2. The normalized spacial score (nSPS) is 11.7. The van der Waals surface area contributed by atoms with Gasteiger partial charge in [-0.05, 0) is 76.0 Å². The summed E-state index contributed by atoms with van der Waals surface area (Å²) in [6.07, 6.45) is 0. The van der Waals surface area contributed by atoms with E-state index < -0.39 is 0 Å². The van der Waals surface area contributed by atoms with Crippen molar-refractivity contribution in [2.75, 3.05) is 4.90 Å². The van der Waals surface area contributed by atoms with Crippen LogP contribution in [0, 0.1) is 0 Å². The molecule has 0 aliphatic carbocycles. The molecule has 2 aromatic heterocycles. The molecule has 0 atom stereocenters. The molecule has 3 nitrogen and oxygen atoms in total. The summed E-state index contributed by atoms with van der Waals surface area (Å²) in [5.74, 6) is 0. The van der Waals surface area contributed by atoms with Crippen LogP contribution in [0.5, 0.6) is 0 Å². The Morgan fingerprint density at radius 2 is 0.857 bits per heavy atom. The monoisotopic (exact) mass is 627 g/mol. The van der Waals surface area contributed by atoms with Gasteiger partial charge in [0.05, 0.1) is 5.69 Å². The number of anilines is 3. The van der Waals surface area contributed by atoms with Crippen LogP contribution < -0.4 is 4.90 Å². The van der Waals surface area contributed by atoms with Gasteiger partial charge in [0, 0.05) is 50.6 Å². The average molecular weight is 628 g/mol. The fraction of sp³-hybridized carbons (Fsp3) is 0. The van der Waals surface area contributed by atoms with Crippen LogP contribution in [0.1, 0.15) is 0 Å². The van der Waals surface area contributed by atoms with Gasteiger partial charge in [-0.2, -0.15) is 0 Å². The second-order valence-corrected chi connectivity index (χ2v) is 12.6. The van der Waals surface area contributed by atoms with Gasteiger partial charge >= 0.3 is 0 Å². The summed E-state index contributed by atoms with van der Waals surface area (Å²) < 4.78 is 12.9. The van der Waals surface area contributed by atoms with Crippen LogP contribution in [0.4, 0.5) is 17.1 Å². The molecule has 0 N–H and O–H groups in total. The third-order valence-corrected chi connectivity index (χ3v) is 9.65. The quantitative estimate of drug-likeness (QED) is 0.190. The molecule has 2 heterocycles. The van der Waals surface area contributed by atoms with E-state index in [-0.39, 0.29) is 0 Å². The zero-order chi connectivity index (χ0) is 32.3. The van der Waals surface area contributed by atoms with E-state index in [1.807, 2.05) is 24.3 Å². The van der Waals surface area contributed by atoms with Crippen LogP contribution in [-0.2, 0) is 0 Å². The average Bonchev–Trinajstić information content (AvgIpc) is 3.73. The lowest BCUT2D eigenvalue weighted by Gasteiger charge is -2.28. The number of fused-ring (bicyclic) bond motifs is 7. The Morgan fingerprint density at radius 1 is 0.327 bits per heavy atom. The van der Waals surface area contributed by atoms with Crippen molar-refractivity contribution in [3.8, 4) is 22.3 Å². The molecule has 0 saturated carbocycles. The van der Waals surface area contributed by atoms with E-state index in [1.54, 1.807) is 0 Å². The van der Waals surface area contributed by atoms with Crippen LogP contribution in [-0.4, -0.2) is 0 Å². The van der Waals surface area contributed by atoms with E-state index in [2.05, 4.69) is 157 Å². The molecule has 0 saturated heterocycles. The standard InChI is InChI=1S/C46H29NO2/c1-2-11-31(12-3-1)37-23-20-34(33-19-18-30-10-4-5-13-32(30)26-33)27-42(37)47(35-21-24-40-38-14-6-8-16-43(38)48-45(40)28-35)36-22-25-41-39-15-7-9-17-44(39)49-46(41)29-36/h1-29H. The predicted molar refractivity (Wildman–Crippen MR) is 204 cm³/mol. The van der Waals surface area contributed by atoms with E-state index >= 15 is 0 Å². The van der Waals surface area contributed by atoms with E-state index in [0.717, 1.165) is 77.6 Å². The van der Waals surface area contributed by atoms with Gasteiger partial charge < -0.3 is 13.7 Å². The maximum Gasteiger partial charge on any atom is 0.137 e. The minimum atomic E-state index is 0.848. The Bertz CT molecular complexity index is 2730. The van der Waals surface area contributed by atoms with Crippen molar-refractivity contribution < 1.29 is 8.83 Å². The highest BCUT2D eigenvalue weighted by Gasteiger charge is 2.21. The van der Waals surface area contributed by atoms with Crippen LogP contribution in [0.2, 0.25) is 0 Å². The van der Waals surface area contributed by atoms with E-state index in [4.69, 9.17) is 8.83 Å². The smallest absolute Gasteiger partial charge is 0.137 e. The summed E-state index contributed by atoms with van der Waals surface area (Å²) in [7, 11) is 0. The van der Waals surface area contributed by atoms with Crippen molar-refractivity contribution in [2.24, 2.45) is 0 Å². The Morgan fingerprint density at radius 3 is 1.53 bits per heavy atom. The van der Waals surface area contributed by atoms with Crippen LogP contribution in [0.25, 0.3) is 76.9 Å². The molecule has 0 amide bonds. The first-order valence-electron chi connectivity index (χ1n) is 16.6. The fourth-order valence-electron chi connectivity index (χ4n) is 7.26. The zero-order valence-electron chi connectivity index (χ0n) is 26.5. The largest absolute Gasteiger partial charge is 0.456 e. The number of rotatable bonds is 5. The third-order valence-electron chi connectivity index (χ3n) is 9.65. The predicted octanol–water partition coefficient (Wildman–Crippen LogP) is 13.4. The van der Waals surface area contributed by atoms with Crippen molar-refractivity contribution in [3.63, 3.8) is 0 Å². The lowest BCUT2D eigenvalue weighted by atomic mass is 9.95. The first-order chi connectivity index (χ1) is 24.3. The minimum absolute atomic E-state index is 0.848. The second kappa shape index (κ2) is 11.0. The van der Waals surface area contributed by atoms with Crippen molar-refractivity contribution >= 4 is 71.7 Å². The third kappa shape index (κ3) is 4.59. The van der Waals surface area contributed by atoms with Gasteiger partial charge in [-0.25, -0.2) is 0 Å². The number of hydrogen-bond donors (Lipinski definition) is 0. The minimum Gasteiger partial charge on any atom is -0.456 e. The molecule has 0 aliphatic heterocycles. The number of para-hydroxylation sites is 2. The Hall–Kier alpha value is -6.58. The maximum atomic E-state index is 6.43. The van der Waals surface area contributed by atoms with Crippen molar-refractivity contribution in [3.05, 3.63) is 176 Å². The molecule has 10 rings (SSSR count). The molecule has 10 aromatic rings. The molecule has 0 spiro atoms. The first kappa shape index (κ1) is 27.5. The molecule has 49 heavy (non-hydrogen) atoms. The Kier molecular flexibility index (Phi) is 6.18. The SMILES string of the molecule is c1ccc(-c2ccc(-c3ccc4ccccc4c3)cc2N(c2ccc3c(c2)oc2ccccc23)c2ccc3c(c2)oc2ccccc23)cc1. The van der Waals surface area contributed by atoms with Crippen LogP contribution in [0.3, 0.4) is 0 Å². The van der Waals surface area contributed by atoms with Crippen molar-refractivity contribution in [1.29, 1.82) is 0 Å². The summed E-state index contributed by atoms with van der Waals surface area (Å²) in [4.78, 5) is 2.34. The fourth-order valence-corrected chi connectivity index (χ4v) is 7.26. The van der Waals surface area contributed by atoms with E-state index in [1.165, 1.54) is 16.3 Å². The van der Waals surface area contributed by atoms with Crippen LogP contribution in [0.15, 0.2) is 185 Å². The summed E-state index contributed by atoms with van der Waals surface area (Å²) in [5.41, 5.74) is 11.1. The number of hydrogen-bond acceptors (Lipinski definition) is 3. The zero-order valence-corrected chi connectivity index (χ0v) is 26.5. The molecule has 230 valence electrons. The summed E-state index contributed by atoms with van der Waals surface area (Å²) in [6, 6.07) is 62.2. The molecule has 3 heteroatoms. The van der Waals surface area contributed by atoms with Gasteiger partial charge in [0.2, 0.25) is 0 Å². The highest BCUT2D eigenvalue weighted by molar-refractivity contribution is 6.08. The van der Waals surface area contributed by atoms with Gasteiger partial charge in [0.15, 0.2) is 0 Å². The number of benzene rings is 8. The lowest BCUT2D eigenvalue weighted by molar-refractivity contribution is 0.669. The molecule has 0 unspecified atom stereocenters. The van der Waals surface area contributed by atoms with Crippen LogP contribution >= 0.6 is 0 Å². The molecule has 0 aliphatic rings.